The maximum absolute atomic E-state index is 9.87. The fourth-order valence-corrected chi connectivity index (χ4v) is 3.63. The van der Waals surface area contributed by atoms with Crippen molar-refractivity contribution in [2.45, 2.75) is 6.42 Å². The van der Waals surface area contributed by atoms with Crippen LogP contribution in [0.2, 0.25) is 0 Å². The Balaban J connectivity index is 1.79. The molecule has 1 aliphatic rings. The average Bonchev–Trinajstić information content (AvgIpc) is 3.06. The zero-order valence-corrected chi connectivity index (χ0v) is 14.1. The predicted octanol–water partition coefficient (Wildman–Crippen LogP) is 5.09. The number of hydrogen-bond donors (Lipinski definition) is 1. The summed E-state index contributed by atoms with van der Waals surface area (Å²) in [5.74, 6) is 0.240. The Hall–Kier alpha value is -3.46. The van der Waals surface area contributed by atoms with Gasteiger partial charge >= 0.3 is 0 Å². The molecule has 1 N–H and O–H groups in total. The molecule has 0 fully saturated rings. The van der Waals surface area contributed by atoms with Gasteiger partial charge in [-0.2, -0.15) is 0 Å². The lowest BCUT2D eigenvalue weighted by Crippen LogP contribution is -1.95. The van der Waals surface area contributed by atoms with Gasteiger partial charge < -0.3 is 5.11 Å². The molecule has 0 radical (unpaired) electrons. The van der Waals surface area contributed by atoms with Gasteiger partial charge in [0, 0.05) is 29.3 Å². The van der Waals surface area contributed by atoms with Gasteiger partial charge in [0.1, 0.15) is 5.75 Å². The van der Waals surface area contributed by atoms with Crippen molar-refractivity contribution >= 4 is 0 Å². The molecule has 3 nitrogen and oxygen atoms in total. The highest BCUT2D eigenvalue weighted by molar-refractivity contribution is 5.84. The highest BCUT2D eigenvalue weighted by atomic mass is 16.3. The van der Waals surface area contributed by atoms with E-state index in [9.17, 15) is 5.11 Å². The van der Waals surface area contributed by atoms with Crippen molar-refractivity contribution in [3.8, 4) is 39.5 Å². The number of aromatic hydroxyl groups is 1. The third kappa shape index (κ3) is 2.37. The molecule has 0 saturated carbocycles. The summed E-state index contributed by atoms with van der Waals surface area (Å²) in [6.45, 7) is 0. The lowest BCUT2D eigenvalue weighted by molar-refractivity contribution is 0.475. The first-order valence-corrected chi connectivity index (χ1v) is 8.62. The zero-order valence-electron chi connectivity index (χ0n) is 14.1. The molecule has 2 aromatic carbocycles. The van der Waals surface area contributed by atoms with Gasteiger partial charge in [0.25, 0.3) is 0 Å². The molecule has 0 aliphatic heterocycles. The Labute approximate surface area is 151 Å². The topological polar surface area (TPSA) is 46.0 Å². The number of phenolic OH excluding ortho intramolecular Hbond substituents is 1. The second-order valence-corrected chi connectivity index (χ2v) is 6.48. The Morgan fingerprint density at radius 2 is 1.65 bits per heavy atom. The van der Waals surface area contributed by atoms with E-state index in [1.165, 1.54) is 16.7 Å². The molecule has 0 spiro atoms. The first kappa shape index (κ1) is 14.8. The number of nitrogens with zero attached hydrogens (tertiary/aromatic N) is 2. The van der Waals surface area contributed by atoms with Crippen LogP contribution in [-0.2, 0) is 6.42 Å². The van der Waals surface area contributed by atoms with E-state index in [-0.39, 0.29) is 5.75 Å². The number of aromatic nitrogens is 2. The van der Waals surface area contributed by atoms with Crippen LogP contribution in [0.5, 0.6) is 5.75 Å². The van der Waals surface area contributed by atoms with Gasteiger partial charge in [-0.15, -0.1) is 0 Å². The fraction of sp³-hybridized carbons (Fsp3) is 0.0435. The van der Waals surface area contributed by atoms with Gasteiger partial charge in [-0.3, -0.25) is 4.98 Å². The van der Waals surface area contributed by atoms with Crippen LogP contribution in [0.15, 0.2) is 79.0 Å². The first-order chi connectivity index (χ1) is 12.8. The minimum atomic E-state index is 0.240. The lowest BCUT2D eigenvalue weighted by Gasteiger charge is -2.11. The van der Waals surface area contributed by atoms with E-state index in [0.717, 1.165) is 34.6 Å². The summed E-state index contributed by atoms with van der Waals surface area (Å²) in [7, 11) is 0. The molecular weight excluding hydrogens is 320 g/mol. The standard InChI is InChI=1S/C23H16N2O/c26-17-8-5-7-16(12-17)22-14-19(21-10-3-4-11-24-21)20-13-15-6-1-2-9-18(15)23(20)25-22/h1-12,14,26H,13H2. The van der Waals surface area contributed by atoms with Crippen molar-refractivity contribution in [3.05, 3.63) is 90.1 Å². The van der Waals surface area contributed by atoms with E-state index in [1.54, 1.807) is 12.1 Å². The Morgan fingerprint density at radius 1 is 0.769 bits per heavy atom. The van der Waals surface area contributed by atoms with E-state index in [0.29, 0.717) is 0 Å². The number of fused-ring (bicyclic) bond motifs is 3. The Bertz CT molecular complexity index is 1120. The van der Waals surface area contributed by atoms with Crippen molar-refractivity contribution in [1.29, 1.82) is 0 Å². The van der Waals surface area contributed by atoms with E-state index in [2.05, 4.69) is 35.3 Å². The number of rotatable bonds is 2. The first-order valence-electron chi connectivity index (χ1n) is 8.62. The van der Waals surface area contributed by atoms with Crippen molar-refractivity contribution in [2.24, 2.45) is 0 Å². The van der Waals surface area contributed by atoms with E-state index < -0.39 is 0 Å². The van der Waals surface area contributed by atoms with Gasteiger partial charge in [-0.25, -0.2) is 4.98 Å². The highest BCUT2D eigenvalue weighted by Gasteiger charge is 2.24. The predicted molar refractivity (Wildman–Crippen MR) is 103 cm³/mol. The zero-order chi connectivity index (χ0) is 17.5. The van der Waals surface area contributed by atoms with Crippen LogP contribution >= 0.6 is 0 Å². The Kier molecular flexibility index (Phi) is 3.32. The van der Waals surface area contributed by atoms with Crippen molar-refractivity contribution in [3.63, 3.8) is 0 Å². The van der Waals surface area contributed by atoms with Gasteiger partial charge in [-0.1, -0.05) is 42.5 Å². The van der Waals surface area contributed by atoms with Crippen molar-refractivity contribution in [1.82, 2.24) is 9.97 Å². The van der Waals surface area contributed by atoms with Crippen molar-refractivity contribution < 1.29 is 5.11 Å². The number of phenols is 1. The largest absolute Gasteiger partial charge is 0.508 e. The van der Waals surface area contributed by atoms with Crippen LogP contribution in [0.3, 0.4) is 0 Å². The SMILES string of the molecule is Oc1cccc(-c2cc(-c3ccccn3)c3c(n2)-c2ccccc2C3)c1. The Morgan fingerprint density at radius 3 is 2.50 bits per heavy atom. The summed E-state index contributed by atoms with van der Waals surface area (Å²) >= 11 is 0. The van der Waals surface area contributed by atoms with Gasteiger partial charge in [0.15, 0.2) is 0 Å². The average molecular weight is 336 g/mol. The molecule has 0 atom stereocenters. The molecule has 3 heteroatoms. The summed E-state index contributed by atoms with van der Waals surface area (Å²) in [4.78, 5) is 9.52. The summed E-state index contributed by atoms with van der Waals surface area (Å²) in [5, 5.41) is 9.87. The molecular formula is C23H16N2O. The molecule has 0 unspecified atom stereocenters. The van der Waals surface area contributed by atoms with E-state index >= 15 is 0 Å². The molecule has 2 aromatic heterocycles. The van der Waals surface area contributed by atoms with Gasteiger partial charge in [0.2, 0.25) is 0 Å². The summed E-state index contributed by atoms with van der Waals surface area (Å²) in [5.41, 5.74) is 8.50. The third-order valence-electron chi connectivity index (χ3n) is 4.85. The van der Waals surface area contributed by atoms with Gasteiger partial charge in [0.05, 0.1) is 17.1 Å². The fourth-order valence-electron chi connectivity index (χ4n) is 3.63. The molecule has 1 aliphatic carbocycles. The van der Waals surface area contributed by atoms with E-state index in [4.69, 9.17) is 4.98 Å². The number of benzene rings is 2. The molecule has 5 rings (SSSR count). The molecule has 0 amide bonds. The highest BCUT2D eigenvalue weighted by Crippen LogP contribution is 2.41. The van der Waals surface area contributed by atoms with Crippen LogP contribution in [0.1, 0.15) is 11.1 Å². The quantitative estimate of drug-likeness (QED) is 0.488. The monoisotopic (exact) mass is 336 g/mol. The summed E-state index contributed by atoms with van der Waals surface area (Å²) in [6, 6.07) is 23.7. The van der Waals surface area contributed by atoms with Crippen LogP contribution in [0, 0.1) is 0 Å². The molecule has 26 heavy (non-hydrogen) atoms. The maximum Gasteiger partial charge on any atom is 0.116 e. The number of pyridine rings is 2. The van der Waals surface area contributed by atoms with E-state index in [1.807, 2.05) is 36.5 Å². The lowest BCUT2D eigenvalue weighted by atomic mass is 9.99. The maximum atomic E-state index is 9.87. The summed E-state index contributed by atoms with van der Waals surface area (Å²) < 4.78 is 0. The second-order valence-electron chi connectivity index (χ2n) is 6.48. The molecule has 0 bridgehead atoms. The van der Waals surface area contributed by atoms with Crippen LogP contribution in [-0.4, -0.2) is 15.1 Å². The third-order valence-corrected chi connectivity index (χ3v) is 4.85. The molecule has 0 saturated heterocycles. The normalized spacial score (nSPS) is 11.8. The minimum Gasteiger partial charge on any atom is -0.508 e. The smallest absolute Gasteiger partial charge is 0.116 e. The minimum absolute atomic E-state index is 0.240. The summed E-state index contributed by atoms with van der Waals surface area (Å²) in [6.07, 6.45) is 2.68. The van der Waals surface area contributed by atoms with Gasteiger partial charge in [-0.05, 0) is 41.5 Å². The second kappa shape index (κ2) is 5.81. The van der Waals surface area contributed by atoms with Crippen LogP contribution in [0.25, 0.3) is 33.8 Å². The number of hydrogen-bond acceptors (Lipinski definition) is 3. The molecule has 124 valence electrons. The van der Waals surface area contributed by atoms with Crippen LogP contribution < -0.4 is 0 Å². The molecule has 2 heterocycles. The van der Waals surface area contributed by atoms with Crippen LogP contribution in [0.4, 0.5) is 0 Å². The molecule has 4 aromatic rings. The van der Waals surface area contributed by atoms with Crippen molar-refractivity contribution in [2.75, 3.05) is 0 Å².